The summed E-state index contributed by atoms with van der Waals surface area (Å²) in [5, 5.41) is 19.9. The van der Waals surface area contributed by atoms with Crippen LogP contribution in [0.2, 0.25) is 5.02 Å². The quantitative estimate of drug-likeness (QED) is 0.672. The molecule has 140 valence electrons. The third kappa shape index (κ3) is 4.32. The molecule has 1 aromatic carbocycles. The molecule has 0 aliphatic heterocycles. The number of carboxylic acid groups (broad SMARTS) is 1. The molecule has 10 heteroatoms. The third-order valence-electron chi connectivity index (χ3n) is 3.82. The summed E-state index contributed by atoms with van der Waals surface area (Å²) in [6.45, 7) is 1.80. The molecule has 3 aromatic rings. The van der Waals surface area contributed by atoms with E-state index in [-0.39, 0.29) is 22.2 Å². The van der Waals surface area contributed by atoms with Crippen LogP contribution in [-0.4, -0.2) is 36.5 Å². The number of nitrogens with zero attached hydrogens (tertiary/aromatic N) is 4. The largest absolute Gasteiger partial charge is 0.480 e. The van der Waals surface area contributed by atoms with Crippen molar-refractivity contribution in [3.63, 3.8) is 0 Å². The number of benzene rings is 1. The lowest BCUT2D eigenvalue weighted by atomic mass is 10.2. The molecule has 0 bridgehead atoms. The minimum atomic E-state index is -1.06. The molecule has 2 heterocycles. The molecule has 1 amide bonds. The number of amides is 1. The highest BCUT2D eigenvalue weighted by Gasteiger charge is 2.18. The van der Waals surface area contributed by atoms with E-state index in [0.717, 1.165) is 5.56 Å². The van der Waals surface area contributed by atoms with E-state index in [1.165, 1.54) is 47.0 Å². The van der Waals surface area contributed by atoms with Crippen molar-refractivity contribution in [2.45, 2.75) is 19.5 Å². The van der Waals surface area contributed by atoms with Crippen LogP contribution >= 0.6 is 11.6 Å². The third-order valence-corrected chi connectivity index (χ3v) is 4.10. The molecule has 8 nitrogen and oxygen atoms in total. The van der Waals surface area contributed by atoms with Gasteiger partial charge >= 0.3 is 5.97 Å². The number of anilines is 1. The van der Waals surface area contributed by atoms with E-state index in [1.54, 1.807) is 12.1 Å². The van der Waals surface area contributed by atoms with Gasteiger partial charge in [0.2, 0.25) is 0 Å². The minimum Gasteiger partial charge on any atom is -0.480 e. The fourth-order valence-electron chi connectivity index (χ4n) is 2.30. The molecule has 1 unspecified atom stereocenters. The summed E-state index contributed by atoms with van der Waals surface area (Å²) in [6.07, 6.45) is 4.13. The highest BCUT2D eigenvalue weighted by atomic mass is 35.5. The van der Waals surface area contributed by atoms with Gasteiger partial charge in [-0.2, -0.15) is 10.2 Å². The molecule has 0 saturated heterocycles. The number of carboxylic acids is 1. The van der Waals surface area contributed by atoms with Gasteiger partial charge in [0.25, 0.3) is 5.91 Å². The minimum absolute atomic E-state index is 0.155. The van der Waals surface area contributed by atoms with E-state index < -0.39 is 17.9 Å². The van der Waals surface area contributed by atoms with Gasteiger partial charge in [-0.25, -0.2) is 9.18 Å². The number of aliphatic carboxylic acids is 1. The highest BCUT2D eigenvalue weighted by Crippen LogP contribution is 2.21. The Balaban J connectivity index is 1.70. The maximum atomic E-state index is 13.0. The summed E-state index contributed by atoms with van der Waals surface area (Å²) >= 11 is 6.11. The van der Waals surface area contributed by atoms with Crippen molar-refractivity contribution in [2.24, 2.45) is 0 Å². The van der Waals surface area contributed by atoms with E-state index in [1.807, 2.05) is 0 Å². The zero-order valence-corrected chi connectivity index (χ0v) is 14.9. The van der Waals surface area contributed by atoms with Crippen molar-refractivity contribution in [1.29, 1.82) is 0 Å². The van der Waals surface area contributed by atoms with Crippen LogP contribution in [0.5, 0.6) is 0 Å². The second-order valence-electron chi connectivity index (χ2n) is 5.83. The molecule has 0 radical (unpaired) electrons. The lowest BCUT2D eigenvalue weighted by molar-refractivity contribution is -0.140. The summed E-state index contributed by atoms with van der Waals surface area (Å²) in [4.78, 5) is 23.3. The Hall–Kier alpha value is -3.20. The monoisotopic (exact) mass is 391 g/mol. The maximum absolute atomic E-state index is 13.0. The predicted octanol–water partition coefficient (Wildman–Crippen LogP) is 2.82. The first-order valence-corrected chi connectivity index (χ1v) is 8.27. The van der Waals surface area contributed by atoms with Crippen molar-refractivity contribution < 1.29 is 19.1 Å². The van der Waals surface area contributed by atoms with Gasteiger partial charge in [-0.1, -0.05) is 23.7 Å². The Bertz CT molecular complexity index is 983. The molecule has 0 spiro atoms. The van der Waals surface area contributed by atoms with E-state index in [2.05, 4.69) is 15.5 Å². The van der Waals surface area contributed by atoms with Gasteiger partial charge in [-0.15, -0.1) is 0 Å². The first kappa shape index (κ1) is 18.6. The lowest BCUT2D eigenvalue weighted by Crippen LogP contribution is -2.16. The van der Waals surface area contributed by atoms with Crippen LogP contribution < -0.4 is 5.32 Å². The van der Waals surface area contributed by atoms with Gasteiger partial charge in [-0.3, -0.25) is 14.2 Å². The molecule has 0 aliphatic carbocycles. The standard InChI is InChI=1S/C17H15ClFN5O3/c1-10(17(26)27)24-8-12(6-20-24)16(25)21-15-14(18)9-23(22-15)7-11-2-4-13(19)5-3-11/h2-6,8-10H,7H2,1H3,(H,26,27)(H,21,22,25). The fraction of sp³-hybridized carbons (Fsp3) is 0.176. The van der Waals surface area contributed by atoms with Gasteiger partial charge in [0.05, 0.1) is 18.3 Å². The smallest absolute Gasteiger partial charge is 0.328 e. The van der Waals surface area contributed by atoms with Gasteiger partial charge in [0.1, 0.15) is 16.9 Å². The molecule has 2 aromatic heterocycles. The zero-order chi connectivity index (χ0) is 19.6. The molecule has 0 aliphatic rings. The molecule has 0 fully saturated rings. The van der Waals surface area contributed by atoms with E-state index in [0.29, 0.717) is 6.54 Å². The van der Waals surface area contributed by atoms with Crippen LogP contribution in [-0.2, 0) is 11.3 Å². The Kier molecular flexibility index (Phi) is 5.22. The summed E-state index contributed by atoms with van der Waals surface area (Å²) in [5.41, 5.74) is 0.990. The topological polar surface area (TPSA) is 102 Å². The van der Waals surface area contributed by atoms with Crippen LogP contribution in [0, 0.1) is 5.82 Å². The average Bonchev–Trinajstić information content (AvgIpc) is 3.24. The van der Waals surface area contributed by atoms with Crippen molar-refractivity contribution in [3.05, 3.63) is 64.8 Å². The molecule has 0 saturated carbocycles. The predicted molar refractivity (Wildman–Crippen MR) is 95.3 cm³/mol. The number of carbonyl (C=O) groups is 2. The zero-order valence-electron chi connectivity index (χ0n) is 14.1. The summed E-state index contributed by atoms with van der Waals surface area (Å²) in [6, 6.07) is 5.05. The number of hydrogen-bond acceptors (Lipinski definition) is 4. The SMILES string of the molecule is CC(C(=O)O)n1cc(C(=O)Nc2nn(Cc3ccc(F)cc3)cc2Cl)cn1. The van der Waals surface area contributed by atoms with Crippen molar-refractivity contribution in [3.8, 4) is 0 Å². The summed E-state index contributed by atoms with van der Waals surface area (Å²) < 4.78 is 15.7. The number of nitrogens with one attached hydrogen (secondary N) is 1. The fourth-order valence-corrected chi connectivity index (χ4v) is 2.50. The molecular formula is C17H15ClFN5O3. The average molecular weight is 392 g/mol. The number of hydrogen-bond donors (Lipinski definition) is 2. The van der Waals surface area contributed by atoms with E-state index in [9.17, 15) is 14.0 Å². The molecular weight excluding hydrogens is 377 g/mol. The molecule has 27 heavy (non-hydrogen) atoms. The highest BCUT2D eigenvalue weighted by molar-refractivity contribution is 6.33. The summed E-state index contributed by atoms with van der Waals surface area (Å²) in [5.74, 6) is -1.76. The van der Waals surface area contributed by atoms with Gasteiger partial charge < -0.3 is 10.4 Å². The van der Waals surface area contributed by atoms with Crippen LogP contribution in [0.4, 0.5) is 10.2 Å². The number of halogens is 2. The Labute approximate surface area is 158 Å². The first-order chi connectivity index (χ1) is 12.8. The maximum Gasteiger partial charge on any atom is 0.328 e. The number of aromatic nitrogens is 4. The molecule has 3 rings (SSSR count). The Morgan fingerprint density at radius 1 is 1.30 bits per heavy atom. The van der Waals surface area contributed by atoms with E-state index >= 15 is 0 Å². The van der Waals surface area contributed by atoms with E-state index in [4.69, 9.17) is 16.7 Å². The second kappa shape index (κ2) is 7.58. The van der Waals surface area contributed by atoms with Gasteiger partial charge in [-0.05, 0) is 24.6 Å². The molecule has 2 N–H and O–H groups in total. The van der Waals surface area contributed by atoms with Crippen LogP contribution in [0.25, 0.3) is 0 Å². The normalized spacial score (nSPS) is 12.0. The van der Waals surface area contributed by atoms with Crippen LogP contribution in [0.15, 0.2) is 42.9 Å². The van der Waals surface area contributed by atoms with Crippen molar-refractivity contribution in [2.75, 3.05) is 5.32 Å². The molecule has 1 atom stereocenters. The van der Waals surface area contributed by atoms with Crippen molar-refractivity contribution in [1.82, 2.24) is 19.6 Å². The van der Waals surface area contributed by atoms with Crippen molar-refractivity contribution >= 4 is 29.3 Å². The number of carbonyl (C=O) groups excluding carboxylic acids is 1. The Morgan fingerprint density at radius 2 is 2.00 bits per heavy atom. The second-order valence-corrected chi connectivity index (χ2v) is 6.23. The first-order valence-electron chi connectivity index (χ1n) is 7.89. The number of rotatable bonds is 6. The van der Waals surface area contributed by atoms with Gasteiger partial charge in [0.15, 0.2) is 5.82 Å². The Morgan fingerprint density at radius 3 is 2.67 bits per heavy atom. The summed E-state index contributed by atoms with van der Waals surface area (Å²) in [7, 11) is 0. The lowest BCUT2D eigenvalue weighted by Gasteiger charge is -2.05. The van der Waals surface area contributed by atoms with Crippen LogP contribution in [0.3, 0.4) is 0 Å². The van der Waals surface area contributed by atoms with Crippen LogP contribution in [0.1, 0.15) is 28.9 Å². The van der Waals surface area contributed by atoms with Gasteiger partial charge in [0, 0.05) is 12.4 Å².